The smallest absolute Gasteiger partial charge is 0.303 e. The Morgan fingerprint density at radius 1 is 1.27 bits per heavy atom. The average molecular weight is 413 g/mol. The van der Waals surface area contributed by atoms with Crippen LogP contribution in [-0.2, 0) is 16.0 Å². The predicted molar refractivity (Wildman–Crippen MR) is 122 cm³/mol. The van der Waals surface area contributed by atoms with Crippen molar-refractivity contribution in [1.82, 2.24) is 0 Å². The Hall–Kier alpha value is -2.49. The molecule has 0 aromatic heterocycles. The fourth-order valence-electron chi connectivity index (χ4n) is 4.20. The third-order valence-corrected chi connectivity index (χ3v) is 5.73. The number of carboxylic acids is 1. The van der Waals surface area contributed by atoms with Gasteiger partial charge in [-0.05, 0) is 82.1 Å². The van der Waals surface area contributed by atoms with Crippen molar-refractivity contribution in [3.8, 4) is 5.75 Å². The van der Waals surface area contributed by atoms with Gasteiger partial charge in [-0.15, -0.1) is 0 Å². The van der Waals surface area contributed by atoms with Crippen LogP contribution in [0.3, 0.4) is 0 Å². The molecule has 1 saturated carbocycles. The zero-order valence-corrected chi connectivity index (χ0v) is 18.7. The highest BCUT2D eigenvalue weighted by Gasteiger charge is 2.29. The first-order valence-corrected chi connectivity index (χ1v) is 10.9. The molecule has 1 aliphatic carbocycles. The fourth-order valence-corrected chi connectivity index (χ4v) is 4.20. The molecule has 2 N–H and O–H groups in total. The normalized spacial score (nSPS) is 20.3. The molecule has 2 atom stereocenters. The van der Waals surface area contributed by atoms with Crippen molar-refractivity contribution in [2.45, 2.75) is 77.7 Å². The Morgan fingerprint density at radius 3 is 2.70 bits per heavy atom. The lowest BCUT2D eigenvalue weighted by molar-refractivity contribution is -0.136. The van der Waals surface area contributed by atoms with Crippen LogP contribution in [0.2, 0.25) is 0 Å². The number of rotatable bonds is 10. The van der Waals surface area contributed by atoms with Crippen LogP contribution in [0.1, 0.15) is 76.8 Å². The number of carbonyl (C=O) groups is 1. The number of carboxylic acid groups (broad SMARTS) is 1. The van der Waals surface area contributed by atoms with Gasteiger partial charge < -0.3 is 14.9 Å². The molecule has 1 aromatic rings. The Balaban J connectivity index is 2.07. The molecule has 0 aliphatic heterocycles. The molecule has 4 heteroatoms. The van der Waals surface area contributed by atoms with Gasteiger partial charge >= 0.3 is 5.97 Å². The highest BCUT2D eigenvalue weighted by atomic mass is 16.5. The first kappa shape index (κ1) is 23.8. The summed E-state index contributed by atoms with van der Waals surface area (Å²) in [6.07, 6.45) is 14.8. The largest absolute Gasteiger partial charge is 0.507 e. The molecule has 0 heterocycles. The van der Waals surface area contributed by atoms with Gasteiger partial charge in [-0.3, -0.25) is 4.79 Å². The highest BCUT2D eigenvalue weighted by molar-refractivity contribution is 5.67. The molecule has 1 aromatic carbocycles. The van der Waals surface area contributed by atoms with Crippen molar-refractivity contribution < 1.29 is 19.7 Å². The topological polar surface area (TPSA) is 66.8 Å². The monoisotopic (exact) mass is 412 g/mol. The van der Waals surface area contributed by atoms with Crippen LogP contribution in [0.5, 0.6) is 5.75 Å². The van der Waals surface area contributed by atoms with E-state index in [0.29, 0.717) is 12.3 Å². The molecular formula is C26H36O4. The van der Waals surface area contributed by atoms with E-state index in [9.17, 15) is 9.90 Å². The number of allylic oxidation sites excluding steroid dienone is 4. The van der Waals surface area contributed by atoms with Crippen molar-refractivity contribution in [3.63, 3.8) is 0 Å². The highest BCUT2D eigenvalue weighted by Crippen LogP contribution is 2.44. The van der Waals surface area contributed by atoms with Gasteiger partial charge in [0.2, 0.25) is 0 Å². The quantitative estimate of drug-likeness (QED) is 0.261. The molecular weight excluding hydrogens is 376 g/mol. The van der Waals surface area contributed by atoms with Crippen LogP contribution in [0.4, 0.5) is 0 Å². The van der Waals surface area contributed by atoms with Gasteiger partial charge in [0.1, 0.15) is 17.1 Å². The van der Waals surface area contributed by atoms with Crippen molar-refractivity contribution in [3.05, 3.63) is 65.5 Å². The van der Waals surface area contributed by atoms with Crippen molar-refractivity contribution in [1.29, 1.82) is 0 Å². The number of benzene rings is 1. The Morgan fingerprint density at radius 2 is 2.03 bits per heavy atom. The second-order valence-electron chi connectivity index (χ2n) is 8.64. The number of phenolic OH excluding ortho intramolecular Hbond substituents is 1. The van der Waals surface area contributed by atoms with E-state index in [1.807, 2.05) is 50.3 Å². The van der Waals surface area contributed by atoms with Gasteiger partial charge in [0.05, 0.1) is 0 Å². The number of hydrogen-bond acceptors (Lipinski definition) is 3. The molecule has 0 saturated heterocycles. The molecule has 1 aliphatic rings. The average Bonchev–Trinajstić information content (AvgIpc) is 3.14. The summed E-state index contributed by atoms with van der Waals surface area (Å²) in [6.45, 7) is 8.13. The number of ether oxygens (including phenoxy) is 1. The van der Waals surface area contributed by atoms with E-state index in [-0.39, 0.29) is 23.7 Å². The molecule has 1 unspecified atom stereocenters. The van der Waals surface area contributed by atoms with E-state index in [2.05, 4.69) is 26.0 Å². The Labute approximate surface area is 181 Å². The van der Waals surface area contributed by atoms with Gasteiger partial charge in [-0.1, -0.05) is 42.8 Å². The van der Waals surface area contributed by atoms with Crippen LogP contribution < -0.4 is 0 Å². The van der Waals surface area contributed by atoms with Crippen LogP contribution in [0.25, 0.3) is 0 Å². The number of aliphatic carboxylic acids is 1. The summed E-state index contributed by atoms with van der Waals surface area (Å²) in [4.78, 5) is 10.9. The Kier molecular flexibility index (Phi) is 8.76. The molecule has 4 nitrogen and oxygen atoms in total. The summed E-state index contributed by atoms with van der Waals surface area (Å²) in [7, 11) is 0. The van der Waals surface area contributed by atoms with Crippen molar-refractivity contribution in [2.24, 2.45) is 5.92 Å². The number of phenols is 1. The maximum Gasteiger partial charge on any atom is 0.303 e. The number of para-hydroxylation sites is 1. The van der Waals surface area contributed by atoms with Gasteiger partial charge in [0.15, 0.2) is 0 Å². The minimum absolute atomic E-state index is 0.0293. The van der Waals surface area contributed by atoms with Gasteiger partial charge in [-0.2, -0.15) is 0 Å². The maximum absolute atomic E-state index is 10.9. The summed E-state index contributed by atoms with van der Waals surface area (Å²) in [5.74, 6) is 0.943. The molecule has 164 valence electrons. The minimum atomic E-state index is -0.846. The second-order valence-corrected chi connectivity index (χ2v) is 8.64. The minimum Gasteiger partial charge on any atom is -0.507 e. The first-order valence-electron chi connectivity index (χ1n) is 10.9. The predicted octanol–water partition coefficient (Wildman–Crippen LogP) is 6.51. The van der Waals surface area contributed by atoms with Crippen LogP contribution in [-0.4, -0.2) is 21.8 Å². The summed E-state index contributed by atoms with van der Waals surface area (Å²) >= 11 is 0. The second kappa shape index (κ2) is 11.1. The van der Waals surface area contributed by atoms with Gasteiger partial charge in [0, 0.05) is 12.8 Å². The number of aryl methyl sites for hydroxylation is 1. The van der Waals surface area contributed by atoms with E-state index >= 15 is 0 Å². The molecule has 0 amide bonds. The Bertz CT molecular complexity index is 801. The van der Waals surface area contributed by atoms with E-state index < -0.39 is 5.97 Å². The summed E-state index contributed by atoms with van der Waals surface area (Å²) in [6, 6.07) is 5.74. The zero-order chi connectivity index (χ0) is 22.1. The van der Waals surface area contributed by atoms with E-state index in [1.165, 1.54) is 0 Å². The molecule has 30 heavy (non-hydrogen) atoms. The van der Waals surface area contributed by atoms with Crippen molar-refractivity contribution in [2.75, 3.05) is 0 Å². The standard InChI is InChI=1S/C26H36O4/c1-5-10-21(6-2)30-26(3,4)18-9-13-19-11-7-14-22(19)23-15-8-12-20(25(23)29)16-17-24(27)28/h5-6,8-10,12-13,15,19,22,29H,7,11,14,16-18H2,1-4H3,(H,27,28)/b10-5-,13-9+,21-6+/t19?,22-/m0/s1. The molecule has 0 spiro atoms. The molecule has 1 fully saturated rings. The van der Waals surface area contributed by atoms with E-state index in [1.54, 1.807) is 0 Å². The molecule has 0 bridgehead atoms. The first-order chi connectivity index (χ1) is 14.3. The fraction of sp³-hybridized carbons (Fsp3) is 0.500. The summed E-state index contributed by atoms with van der Waals surface area (Å²) < 4.78 is 6.12. The van der Waals surface area contributed by atoms with Crippen molar-refractivity contribution >= 4 is 5.97 Å². The number of hydrogen-bond donors (Lipinski definition) is 2. The summed E-state index contributed by atoms with van der Waals surface area (Å²) in [5.41, 5.74) is 1.37. The van der Waals surface area contributed by atoms with Gasteiger partial charge in [-0.25, -0.2) is 0 Å². The molecule has 2 rings (SSSR count). The number of aromatic hydroxyl groups is 1. The summed E-state index contributed by atoms with van der Waals surface area (Å²) in [5, 5.41) is 19.7. The van der Waals surface area contributed by atoms with Crippen LogP contribution in [0.15, 0.2) is 54.3 Å². The van der Waals surface area contributed by atoms with Crippen LogP contribution >= 0.6 is 0 Å². The zero-order valence-electron chi connectivity index (χ0n) is 18.7. The lowest BCUT2D eigenvalue weighted by atomic mass is 9.86. The van der Waals surface area contributed by atoms with Gasteiger partial charge in [0.25, 0.3) is 0 Å². The van der Waals surface area contributed by atoms with Crippen LogP contribution in [0, 0.1) is 5.92 Å². The molecule has 0 radical (unpaired) electrons. The maximum atomic E-state index is 10.9. The lowest BCUT2D eigenvalue weighted by Crippen LogP contribution is -2.22. The third kappa shape index (κ3) is 6.79. The third-order valence-electron chi connectivity index (χ3n) is 5.73. The SMILES string of the molecule is C/C=C\C(=C/C)OC(C)(C)C/C=C/C1CCC[C@@H]1c1cccc(CCC(=O)O)c1O. The lowest BCUT2D eigenvalue weighted by Gasteiger charge is -2.26. The van der Waals surface area contributed by atoms with E-state index in [0.717, 1.165) is 42.6 Å². The van der Waals surface area contributed by atoms with E-state index in [4.69, 9.17) is 9.84 Å².